The van der Waals surface area contributed by atoms with E-state index in [-0.39, 0.29) is 4.75 Å². The lowest BCUT2D eigenvalue weighted by atomic mass is 10.3. The van der Waals surface area contributed by atoms with Crippen LogP contribution in [0.4, 0.5) is 5.69 Å². The third kappa shape index (κ3) is 2.31. The topological polar surface area (TPSA) is 43.1 Å². The molecule has 0 unspecified atom stereocenters. The SMILES string of the molecule is CC(C)(C)[S@](=O)c1ccccc1N. The molecule has 0 aliphatic carbocycles. The van der Waals surface area contributed by atoms with Crippen LogP contribution in [0.3, 0.4) is 0 Å². The second-order valence-electron chi connectivity index (χ2n) is 3.92. The molecule has 3 heteroatoms. The predicted molar refractivity (Wildman–Crippen MR) is 57.0 cm³/mol. The van der Waals surface area contributed by atoms with Gasteiger partial charge < -0.3 is 5.73 Å². The Morgan fingerprint density at radius 1 is 1.23 bits per heavy atom. The largest absolute Gasteiger partial charge is 0.398 e. The van der Waals surface area contributed by atoms with E-state index in [2.05, 4.69) is 0 Å². The van der Waals surface area contributed by atoms with Gasteiger partial charge in [-0.1, -0.05) is 12.1 Å². The van der Waals surface area contributed by atoms with Crippen molar-refractivity contribution < 1.29 is 4.21 Å². The zero-order chi connectivity index (χ0) is 10.1. The average Bonchev–Trinajstić information content (AvgIpc) is 2.02. The van der Waals surface area contributed by atoms with E-state index in [0.717, 1.165) is 4.90 Å². The first-order valence-electron chi connectivity index (χ1n) is 4.19. The number of anilines is 1. The van der Waals surface area contributed by atoms with Crippen LogP contribution in [0.25, 0.3) is 0 Å². The Hall–Kier alpha value is -0.830. The third-order valence-corrected chi connectivity index (χ3v) is 3.56. The van der Waals surface area contributed by atoms with Crippen molar-refractivity contribution in [3.05, 3.63) is 24.3 Å². The number of rotatable bonds is 1. The molecule has 0 aliphatic rings. The summed E-state index contributed by atoms with van der Waals surface area (Å²) in [5.74, 6) is 0. The van der Waals surface area contributed by atoms with E-state index in [0.29, 0.717) is 5.69 Å². The van der Waals surface area contributed by atoms with Crippen LogP contribution in [0.15, 0.2) is 29.2 Å². The maximum Gasteiger partial charge on any atom is 0.0622 e. The van der Waals surface area contributed by atoms with Gasteiger partial charge in [0, 0.05) is 10.4 Å². The van der Waals surface area contributed by atoms with Gasteiger partial charge in [0.2, 0.25) is 0 Å². The van der Waals surface area contributed by atoms with Crippen molar-refractivity contribution in [2.75, 3.05) is 5.73 Å². The van der Waals surface area contributed by atoms with Gasteiger partial charge in [-0.15, -0.1) is 0 Å². The predicted octanol–water partition coefficient (Wildman–Crippen LogP) is 2.17. The monoisotopic (exact) mass is 197 g/mol. The van der Waals surface area contributed by atoms with Crippen molar-refractivity contribution in [2.45, 2.75) is 30.4 Å². The number of nitrogens with two attached hydrogens (primary N) is 1. The summed E-state index contributed by atoms with van der Waals surface area (Å²) in [5.41, 5.74) is 6.33. The van der Waals surface area contributed by atoms with Crippen LogP contribution in [0, 0.1) is 0 Å². The molecule has 72 valence electrons. The minimum atomic E-state index is -1.04. The number of hydrogen-bond acceptors (Lipinski definition) is 2. The van der Waals surface area contributed by atoms with E-state index in [1.165, 1.54) is 0 Å². The van der Waals surface area contributed by atoms with Gasteiger partial charge in [0.1, 0.15) is 0 Å². The van der Waals surface area contributed by atoms with E-state index in [1.54, 1.807) is 6.07 Å². The summed E-state index contributed by atoms with van der Waals surface area (Å²) in [6.45, 7) is 5.82. The summed E-state index contributed by atoms with van der Waals surface area (Å²) < 4.78 is 11.7. The molecule has 0 spiro atoms. The van der Waals surface area contributed by atoms with Crippen LogP contribution in [0.5, 0.6) is 0 Å². The quantitative estimate of drug-likeness (QED) is 0.701. The highest BCUT2D eigenvalue weighted by molar-refractivity contribution is 7.86. The minimum Gasteiger partial charge on any atom is -0.398 e. The number of para-hydroxylation sites is 1. The van der Waals surface area contributed by atoms with E-state index in [1.807, 2.05) is 39.0 Å². The van der Waals surface area contributed by atoms with Crippen molar-refractivity contribution in [3.8, 4) is 0 Å². The molecule has 0 heterocycles. The highest BCUT2D eigenvalue weighted by atomic mass is 32.2. The molecule has 0 saturated carbocycles. The standard InChI is InChI=1S/C10H15NOS/c1-10(2,3)13(12)9-7-5-4-6-8(9)11/h4-7H,11H2,1-3H3/t13-/m1/s1. The fraction of sp³-hybridized carbons (Fsp3) is 0.400. The van der Waals surface area contributed by atoms with Crippen LogP contribution in [-0.4, -0.2) is 8.96 Å². The molecule has 0 bridgehead atoms. The highest BCUT2D eigenvalue weighted by Gasteiger charge is 2.22. The summed E-state index contributed by atoms with van der Waals surface area (Å²) >= 11 is 0. The van der Waals surface area contributed by atoms with Crippen LogP contribution < -0.4 is 5.73 Å². The number of nitrogen functional groups attached to an aromatic ring is 1. The van der Waals surface area contributed by atoms with Gasteiger partial charge in [-0.2, -0.15) is 0 Å². The van der Waals surface area contributed by atoms with Gasteiger partial charge in [-0.05, 0) is 32.9 Å². The van der Waals surface area contributed by atoms with Crippen molar-refractivity contribution in [1.82, 2.24) is 0 Å². The van der Waals surface area contributed by atoms with Crippen LogP contribution in [-0.2, 0) is 10.8 Å². The zero-order valence-electron chi connectivity index (χ0n) is 8.20. The Labute approximate surface area is 81.6 Å². The van der Waals surface area contributed by atoms with Crippen LogP contribution >= 0.6 is 0 Å². The molecule has 0 aromatic heterocycles. The zero-order valence-corrected chi connectivity index (χ0v) is 9.02. The fourth-order valence-electron chi connectivity index (χ4n) is 0.979. The molecular formula is C10H15NOS. The number of benzene rings is 1. The van der Waals surface area contributed by atoms with Crippen molar-refractivity contribution >= 4 is 16.5 Å². The van der Waals surface area contributed by atoms with Crippen LogP contribution in [0.2, 0.25) is 0 Å². The Bertz CT molecular complexity index is 328. The fourth-order valence-corrected chi connectivity index (χ4v) is 2.12. The first kappa shape index (κ1) is 10.3. The Morgan fingerprint density at radius 3 is 2.23 bits per heavy atom. The van der Waals surface area contributed by atoms with E-state index in [4.69, 9.17) is 5.73 Å². The summed E-state index contributed by atoms with van der Waals surface area (Å²) in [5, 5.41) is 0. The molecule has 0 radical (unpaired) electrons. The van der Waals surface area contributed by atoms with Gasteiger partial charge >= 0.3 is 0 Å². The summed E-state index contributed by atoms with van der Waals surface area (Å²) in [6.07, 6.45) is 0. The molecule has 1 atom stereocenters. The van der Waals surface area contributed by atoms with Crippen molar-refractivity contribution in [1.29, 1.82) is 0 Å². The molecule has 0 saturated heterocycles. The van der Waals surface area contributed by atoms with Gasteiger partial charge in [-0.3, -0.25) is 4.21 Å². The lowest BCUT2D eigenvalue weighted by molar-refractivity contribution is 0.649. The molecule has 2 nitrogen and oxygen atoms in total. The normalized spacial score (nSPS) is 14.1. The first-order chi connectivity index (χ1) is 5.93. The molecule has 2 N–H and O–H groups in total. The molecular weight excluding hydrogens is 182 g/mol. The Morgan fingerprint density at radius 2 is 1.77 bits per heavy atom. The van der Waals surface area contributed by atoms with Gasteiger partial charge in [0.25, 0.3) is 0 Å². The second kappa shape index (κ2) is 3.50. The lowest BCUT2D eigenvalue weighted by Crippen LogP contribution is -2.22. The van der Waals surface area contributed by atoms with Crippen molar-refractivity contribution in [2.24, 2.45) is 0 Å². The van der Waals surface area contributed by atoms with Crippen LogP contribution in [0.1, 0.15) is 20.8 Å². The Kier molecular flexibility index (Phi) is 2.76. The minimum absolute atomic E-state index is 0.254. The molecule has 0 aliphatic heterocycles. The molecule has 1 rings (SSSR count). The second-order valence-corrected chi connectivity index (χ2v) is 6.12. The smallest absolute Gasteiger partial charge is 0.0622 e. The molecule has 0 fully saturated rings. The summed E-state index contributed by atoms with van der Waals surface area (Å²) in [7, 11) is -1.04. The third-order valence-electron chi connectivity index (χ3n) is 1.67. The lowest BCUT2D eigenvalue weighted by Gasteiger charge is -2.18. The molecule has 1 aromatic rings. The molecule has 1 aromatic carbocycles. The molecule has 0 amide bonds. The first-order valence-corrected chi connectivity index (χ1v) is 5.34. The van der Waals surface area contributed by atoms with E-state index in [9.17, 15) is 4.21 Å². The van der Waals surface area contributed by atoms with E-state index < -0.39 is 10.8 Å². The van der Waals surface area contributed by atoms with Crippen molar-refractivity contribution in [3.63, 3.8) is 0 Å². The average molecular weight is 197 g/mol. The maximum atomic E-state index is 11.9. The summed E-state index contributed by atoms with van der Waals surface area (Å²) in [4.78, 5) is 0.731. The van der Waals surface area contributed by atoms with E-state index >= 15 is 0 Å². The highest BCUT2D eigenvalue weighted by Crippen LogP contribution is 2.24. The summed E-state index contributed by atoms with van der Waals surface area (Å²) in [6, 6.07) is 7.30. The number of hydrogen-bond donors (Lipinski definition) is 1. The molecule has 13 heavy (non-hydrogen) atoms. The van der Waals surface area contributed by atoms with Gasteiger partial charge in [0.15, 0.2) is 0 Å². The maximum absolute atomic E-state index is 11.9. The Balaban J connectivity index is 3.10. The van der Waals surface area contributed by atoms with Gasteiger partial charge in [-0.25, -0.2) is 0 Å². The van der Waals surface area contributed by atoms with Gasteiger partial charge in [0.05, 0.1) is 15.7 Å².